The number of nitrogens with one attached hydrogen (secondary N) is 2. The lowest BCUT2D eigenvalue weighted by molar-refractivity contribution is -0.115. The quantitative estimate of drug-likeness (QED) is 0.804. The first-order valence-electron chi connectivity index (χ1n) is 7.43. The molecule has 0 heterocycles. The Kier molecular flexibility index (Phi) is 6.05. The number of aryl methyl sites for hydroxylation is 2. The fraction of sp³-hybridized carbons (Fsp3) is 0.235. The molecule has 2 aromatic rings. The maximum Gasteiger partial charge on any atom is 0.241 e. The first-order valence-corrected chi connectivity index (χ1v) is 9.29. The van der Waals surface area contributed by atoms with Gasteiger partial charge in [0.05, 0.1) is 24.2 Å². The molecule has 0 radical (unpaired) electrons. The van der Waals surface area contributed by atoms with E-state index in [0.29, 0.717) is 22.0 Å². The minimum atomic E-state index is -3.79. The highest BCUT2D eigenvalue weighted by Gasteiger charge is 2.18. The Balaban J connectivity index is 2.09. The van der Waals surface area contributed by atoms with Crippen molar-refractivity contribution < 1.29 is 17.9 Å². The van der Waals surface area contributed by atoms with E-state index in [9.17, 15) is 13.2 Å². The highest BCUT2D eigenvalue weighted by molar-refractivity contribution is 7.89. The summed E-state index contributed by atoms with van der Waals surface area (Å²) in [5.74, 6) is -0.107. The third-order valence-electron chi connectivity index (χ3n) is 3.49. The van der Waals surface area contributed by atoms with E-state index in [0.717, 1.165) is 5.56 Å². The smallest absolute Gasteiger partial charge is 0.241 e. The number of hydrogen-bond acceptors (Lipinski definition) is 4. The van der Waals surface area contributed by atoms with E-state index in [1.807, 2.05) is 6.07 Å². The normalized spacial score (nSPS) is 11.2. The Hall–Kier alpha value is -2.09. The maximum absolute atomic E-state index is 12.4. The zero-order valence-electron chi connectivity index (χ0n) is 14.1. The van der Waals surface area contributed by atoms with Crippen LogP contribution < -0.4 is 14.8 Å². The average molecular weight is 383 g/mol. The monoisotopic (exact) mass is 382 g/mol. The van der Waals surface area contributed by atoms with Crippen molar-refractivity contribution in [3.8, 4) is 5.75 Å². The lowest BCUT2D eigenvalue weighted by Crippen LogP contribution is -2.33. The second-order valence-electron chi connectivity index (χ2n) is 5.49. The van der Waals surface area contributed by atoms with Crippen molar-refractivity contribution in [3.63, 3.8) is 0 Å². The van der Waals surface area contributed by atoms with Gasteiger partial charge in [-0.25, -0.2) is 13.1 Å². The van der Waals surface area contributed by atoms with Gasteiger partial charge in [0.1, 0.15) is 5.75 Å². The number of amides is 1. The predicted octanol–water partition coefficient (Wildman–Crippen LogP) is 2.88. The van der Waals surface area contributed by atoms with E-state index < -0.39 is 22.5 Å². The predicted molar refractivity (Wildman–Crippen MR) is 97.7 cm³/mol. The zero-order chi connectivity index (χ0) is 18.6. The minimum absolute atomic E-state index is 0.153. The van der Waals surface area contributed by atoms with Crippen molar-refractivity contribution in [2.75, 3.05) is 19.0 Å². The van der Waals surface area contributed by atoms with Crippen LogP contribution in [0.2, 0.25) is 5.02 Å². The third kappa shape index (κ3) is 4.94. The summed E-state index contributed by atoms with van der Waals surface area (Å²) in [7, 11) is -2.33. The summed E-state index contributed by atoms with van der Waals surface area (Å²) < 4.78 is 32.2. The Morgan fingerprint density at radius 3 is 2.56 bits per heavy atom. The van der Waals surface area contributed by atoms with E-state index in [-0.39, 0.29) is 4.90 Å². The molecule has 0 aromatic heterocycles. The number of sulfonamides is 1. The highest BCUT2D eigenvalue weighted by Crippen LogP contribution is 2.27. The summed E-state index contributed by atoms with van der Waals surface area (Å²) >= 11 is 5.90. The highest BCUT2D eigenvalue weighted by atomic mass is 35.5. The first kappa shape index (κ1) is 19.2. The summed E-state index contributed by atoms with van der Waals surface area (Å²) in [6.07, 6.45) is 0. The molecule has 0 aliphatic carbocycles. The number of carbonyl (C=O) groups is 1. The van der Waals surface area contributed by atoms with Crippen molar-refractivity contribution in [2.45, 2.75) is 18.7 Å². The van der Waals surface area contributed by atoms with Crippen LogP contribution in [0.3, 0.4) is 0 Å². The summed E-state index contributed by atoms with van der Waals surface area (Å²) in [5.41, 5.74) is 1.79. The Bertz CT molecular complexity index is 898. The molecule has 0 spiro atoms. The van der Waals surface area contributed by atoms with Crippen LogP contribution in [-0.2, 0) is 14.8 Å². The van der Waals surface area contributed by atoms with Crippen LogP contribution in [0.4, 0.5) is 5.69 Å². The molecule has 6 nitrogen and oxygen atoms in total. The first-order chi connectivity index (χ1) is 11.7. The van der Waals surface area contributed by atoms with Gasteiger partial charge in [0.2, 0.25) is 15.9 Å². The Labute approximate surface area is 152 Å². The van der Waals surface area contributed by atoms with Gasteiger partial charge in [-0.1, -0.05) is 23.7 Å². The third-order valence-corrected chi connectivity index (χ3v) is 5.27. The molecule has 25 heavy (non-hydrogen) atoms. The van der Waals surface area contributed by atoms with Gasteiger partial charge in [-0.2, -0.15) is 0 Å². The van der Waals surface area contributed by atoms with Crippen molar-refractivity contribution in [3.05, 3.63) is 52.5 Å². The molecular formula is C17H19ClN2O4S. The van der Waals surface area contributed by atoms with Gasteiger partial charge in [0.15, 0.2) is 0 Å². The molecule has 0 saturated carbocycles. The number of carbonyl (C=O) groups excluding carboxylic acids is 1. The minimum Gasteiger partial charge on any atom is -0.495 e. The number of rotatable bonds is 6. The van der Waals surface area contributed by atoms with Crippen LogP contribution in [0.15, 0.2) is 41.3 Å². The lowest BCUT2D eigenvalue weighted by atomic mass is 10.2. The summed E-state index contributed by atoms with van der Waals surface area (Å²) in [6.45, 7) is 3.09. The Morgan fingerprint density at radius 1 is 1.16 bits per heavy atom. The molecule has 2 rings (SSSR count). The van der Waals surface area contributed by atoms with Gasteiger partial charge in [-0.15, -0.1) is 0 Å². The van der Waals surface area contributed by atoms with Gasteiger partial charge in [-0.05, 0) is 49.2 Å². The van der Waals surface area contributed by atoms with Gasteiger partial charge in [0.25, 0.3) is 0 Å². The van der Waals surface area contributed by atoms with Crippen LogP contribution >= 0.6 is 11.6 Å². The zero-order valence-corrected chi connectivity index (χ0v) is 15.7. The second-order valence-corrected chi connectivity index (χ2v) is 7.66. The van der Waals surface area contributed by atoms with Gasteiger partial charge >= 0.3 is 0 Å². The van der Waals surface area contributed by atoms with Gasteiger partial charge < -0.3 is 10.1 Å². The molecule has 2 aromatic carbocycles. The van der Waals surface area contributed by atoms with E-state index >= 15 is 0 Å². The number of hydrogen-bond donors (Lipinski definition) is 2. The molecular weight excluding hydrogens is 364 g/mol. The molecule has 8 heteroatoms. The standard InChI is InChI=1S/C17H19ClN2O4S/c1-11-4-5-12(2)16(8-11)25(22,23)19-10-17(21)20-14-9-13(18)6-7-15(14)24-3/h4-9,19H,10H2,1-3H3,(H,20,21). The maximum atomic E-state index is 12.4. The van der Waals surface area contributed by atoms with E-state index in [4.69, 9.17) is 16.3 Å². The van der Waals surface area contributed by atoms with E-state index in [2.05, 4.69) is 10.0 Å². The SMILES string of the molecule is COc1ccc(Cl)cc1NC(=O)CNS(=O)(=O)c1cc(C)ccc1C. The number of methoxy groups -OCH3 is 1. The van der Waals surface area contributed by atoms with Crippen LogP contribution in [0.5, 0.6) is 5.75 Å². The summed E-state index contributed by atoms with van der Waals surface area (Å²) in [4.78, 5) is 12.2. The molecule has 0 atom stereocenters. The number of benzene rings is 2. The van der Waals surface area contributed by atoms with Crippen LogP contribution in [0, 0.1) is 13.8 Å². The van der Waals surface area contributed by atoms with Gasteiger partial charge in [-0.3, -0.25) is 4.79 Å². The second kappa shape index (κ2) is 7.86. The molecule has 0 bridgehead atoms. The number of anilines is 1. The van der Waals surface area contributed by atoms with E-state index in [1.54, 1.807) is 38.1 Å². The fourth-order valence-electron chi connectivity index (χ4n) is 2.21. The number of halogens is 1. The molecule has 2 N–H and O–H groups in total. The fourth-order valence-corrected chi connectivity index (χ4v) is 3.69. The van der Waals surface area contributed by atoms with Crippen molar-refractivity contribution in [1.82, 2.24) is 4.72 Å². The van der Waals surface area contributed by atoms with Crippen molar-refractivity contribution in [1.29, 1.82) is 0 Å². The lowest BCUT2D eigenvalue weighted by Gasteiger charge is -2.12. The summed E-state index contributed by atoms with van der Waals surface area (Å²) in [6, 6.07) is 9.87. The molecule has 0 fully saturated rings. The summed E-state index contributed by atoms with van der Waals surface area (Å²) in [5, 5.41) is 3.00. The molecule has 0 aliphatic heterocycles. The van der Waals surface area contributed by atoms with Crippen LogP contribution in [-0.4, -0.2) is 28.0 Å². The number of ether oxygens (including phenoxy) is 1. The molecule has 0 saturated heterocycles. The van der Waals surface area contributed by atoms with Crippen molar-refractivity contribution in [2.24, 2.45) is 0 Å². The van der Waals surface area contributed by atoms with E-state index in [1.165, 1.54) is 13.2 Å². The molecule has 0 aliphatic rings. The van der Waals surface area contributed by atoms with Crippen molar-refractivity contribution >= 4 is 33.2 Å². The van der Waals surface area contributed by atoms with Gasteiger partial charge in [0, 0.05) is 5.02 Å². The average Bonchev–Trinajstić information content (AvgIpc) is 2.55. The molecule has 0 unspecified atom stereocenters. The largest absolute Gasteiger partial charge is 0.495 e. The van der Waals surface area contributed by atoms with Crippen LogP contribution in [0.1, 0.15) is 11.1 Å². The topological polar surface area (TPSA) is 84.5 Å². The molecule has 1 amide bonds. The molecule has 134 valence electrons. The Morgan fingerprint density at radius 2 is 1.88 bits per heavy atom. The van der Waals surface area contributed by atoms with Crippen LogP contribution in [0.25, 0.3) is 0 Å².